The molecular weight excluding hydrogens is 334 g/mol. The van der Waals surface area contributed by atoms with Crippen molar-refractivity contribution in [3.63, 3.8) is 0 Å². The van der Waals surface area contributed by atoms with Gasteiger partial charge < -0.3 is 9.80 Å². The van der Waals surface area contributed by atoms with E-state index in [1.54, 1.807) is 0 Å². The zero-order valence-electron chi connectivity index (χ0n) is 17.1. The van der Waals surface area contributed by atoms with Crippen LogP contribution in [-0.2, 0) is 19.6 Å². The predicted molar refractivity (Wildman–Crippen MR) is 111 cm³/mol. The molecule has 146 valence electrons. The molecule has 1 fully saturated rings. The van der Waals surface area contributed by atoms with Crippen LogP contribution >= 0.6 is 0 Å². The van der Waals surface area contributed by atoms with Crippen molar-refractivity contribution in [3.05, 3.63) is 47.3 Å². The first kappa shape index (κ1) is 18.5. The molecule has 1 aromatic carbocycles. The molecule has 0 N–H and O–H groups in total. The molecule has 4 rings (SSSR count). The summed E-state index contributed by atoms with van der Waals surface area (Å²) >= 11 is 0. The van der Waals surface area contributed by atoms with Crippen molar-refractivity contribution in [1.82, 2.24) is 19.6 Å². The molecule has 27 heavy (non-hydrogen) atoms. The summed E-state index contributed by atoms with van der Waals surface area (Å²) in [7, 11) is 4.22. The Labute approximate surface area is 163 Å². The average molecular weight is 368 g/mol. The van der Waals surface area contributed by atoms with Gasteiger partial charge in [0, 0.05) is 51.0 Å². The summed E-state index contributed by atoms with van der Waals surface area (Å²) in [6.45, 7) is 8.71. The highest BCUT2D eigenvalue weighted by atomic mass is 15.3. The fraction of sp³-hybridized carbons (Fsp3) is 0.591. The lowest BCUT2D eigenvalue weighted by molar-refractivity contribution is 0.163. The number of aryl methyl sites for hydroxylation is 2. The van der Waals surface area contributed by atoms with Crippen molar-refractivity contribution in [2.45, 2.75) is 51.9 Å². The van der Waals surface area contributed by atoms with Gasteiger partial charge in [-0.25, -0.2) is 0 Å². The van der Waals surface area contributed by atoms with Gasteiger partial charge in [-0.05, 0) is 58.5 Å². The Balaban J connectivity index is 1.38. The van der Waals surface area contributed by atoms with E-state index in [1.807, 2.05) is 0 Å². The van der Waals surface area contributed by atoms with E-state index in [-0.39, 0.29) is 0 Å². The quantitative estimate of drug-likeness (QED) is 0.830. The van der Waals surface area contributed by atoms with E-state index in [0.717, 1.165) is 32.7 Å². The van der Waals surface area contributed by atoms with Gasteiger partial charge in [0.2, 0.25) is 0 Å². The lowest BCUT2D eigenvalue weighted by Crippen LogP contribution is -2.44. The Morgan fingerprint density at radius 2 is 1.78 bits per heavy atom. The van der Waals surface area contributed by atoms with Crippen molar-refractivity contribution in [1.29, 1.82) is 0 Å². The van der Waals surface area contributed by atoms with E-state index in [0.29, 0.717) is 6.04 Å². The minimum atomic E-state index is 0.699. The summed E-state index contributed by atoms with van der Waals surface area (Å²) < 4.78 is 2.25. The molecule has 2 aliphatic rings. The van der Waals surface area contributed by atoms with Gasteiger partial charge in [-0.3, -0.25) is 9.58 Å². The van der Waals surface area contributed by atoms with Gasteiger partial charge in [-0.2, -0.15) is 5.10 Å². The van der Waals surface area contributed by atoms with Crippen molar-refractivity contribution in [2.75, 3.05) is 38.6 Å². The first-order valence-electron chi connectivity index (χ1n) is 10.3. The Morgan fingerprint density at radius 3 is 2.48 bits per heavy atom. The van der Waals surface area contributed by atoms with Gasteiger partial charge in [0.25, 0.3) is 0 Å². The van der Waals surface area contributed by atoms with Crippen LogP contribution in [0.5, 0.6) is 0 Å². The molecule has 5 heteroatoms. The highest BCUT2D eigenvalue weighted by Crippen LogP contribution is 2.25. The van der Waals surface area contributed by atoms with Crippen LogP contribution in [0, 0.1) is 6.92 Å². The van der Waals surface area contributed by atoms with E-state index < -0.39 is 0 Å². The highest BCUT2D eigenvalue weighted by molar-refractivity contribution is 5.47. The number of aromatic nitrogens is 2. The van der Waals surface area contributed by atoms with E-state index in [9.17, 15) is 0 Å². The summed E-state index contributed by atoms with van der Waals surface area (Å²) in [6, 6.07) is 12.0. The molecule has 0 amide bonds. The fourth-order valence-electron chi connectivity index (χ4n) is 4.50. The van der Waals surface area contributed by atoms with Crippen molar-refractivity contribution in [2.24, 2.45) is 0 Å². The molecule has 0 bridgehead atoms. The van der Waals surface area contributed by atoms with Gasteiger partial charge in [0.15, 0.2) is 0 Å². The first-order valence-corrected chi connectivity index (χ1v) is 10.3. The van der Waals surface area contributed by atoms with Crippen molar-refractivity contribution < 1.29 is 0 Å². The molecular formula is C22H33N5. The molecule has 5 nitrogen and oxygen atoms in total. The number of nitrogens with zero attached hydrogens (tertiary/aromatic N) is 5. The van der Waals surface area contributed by atoms with Crippen LogP contribution < -0.4 is 4.90 Å². The van der Waals surface area contributed by atoms with Gasteiger partial charge in [-0.1, -0.05) is 17.7 Å². The Morgan fingerprint density at radius 1 is 1.04 bits per heavy atom. The Kier molecular flexibility index (Phi) is 5.50. The van der Waals surface area contributed by atoms with E-state index in [2.05, 4.69) is 70.7 Å². The summed E-state index contributed by atoms with van der Waals surface area (Å²) in [5, 5.41) is 4.83. The molecule has 1 saturated heterocycles. The summed E-state index contributed by atoms with van der Waals surface area (Å²) in [4.78, 5) is 7.46. The van der Waals surface area contributed by atoms with E-state index >= 15 is 0 Å². The van der Waals surface area contributed by atoms with Crippen LogP contribution in [0.2, 0.25) is 0 Å². The number of hydrogen-bond donors (Lipinski definition) is 0. The molecule has 2 aromatic rings. The largest absolute Gasteiger partial charge is 0.371 e. The molecule has 0 aliphatic carbocycles. The maximum atomic E-state index is 4.83. The summed E-state index contributed by atoms with van der Waals surface area (Å²) in [5.74, 6) is 0. The highest BCUT2D eigenvalue weighted by Gasteiger charge is 2.27. The summed E-state index contributed by atoms with van der Waals surface area (Å²) in [5.41, 5.74) is 5.31. The lowest BCUT2D eigenvalue weighted by atomic mass is 10.0. The molecule has 3 heterocycles. The van der Waals surface area contributed by atoms with Gasteiger partial charge >= 0.3 is 0 Å². The second-order valence-corrected chi connectivity index (χ2v) is 8.47. The van der Waals surface area contributed by atoms with E-state index in [1.165, 1.54) is 48.4 Å². The second kappa shape index (κ2) is 8.03. The van der Waals surface area contributed by atoms with Gasteiger partial charge in [-0.15, -0.1) is 0 Å². The number of anilines is 1. The fourth-order valence-corrected chi connectivity index (χ4v) is 4.50. The number of hydrogen-bond acceptors (Lipinski definition) is 4. The summed E-state index contributed by atoms with van der Waals surface area (Å²) in [6.07, 6.45) is 3.72. The minimum Gasteiger partial charge on any atom is -0.371 e. The number of rotatable bonds is 4. The Hall–Kier alpha value is -1.85. The number of fused-ring (bicyclic) bond motifs is 1. The third-order valence-corrected chi connectivity index (χ3v) is 5.95. The topological polar surface area (TPSA) is 27.5 Å². The lowest BCUT2D eigenvalue weighted by Gasteiger charge is -2.39. The smallest absolute Gasteiger partial charge is 0.0767 e. The molecule has 2 aliphatic heterocycles. The van der Waals surface area contributed by atoms with Crippen LogP contribution in [0.15, 0.2) is 30.3 Å². The number of piperidine rings is 1. The average Bonchev–Trinajstić information content (AvgIpc) is 2.91. The minimum absolute atomic E-state index is 0.699. The normalized spacial score (nSPS) is 19.3. The standard InChI is InChI=1S/C22H33N5/c1-18-5-7-20(8-6-18)25-13-9-21(10-14-25)26-11-4-12-27-22(17-26)15-19(23-27)16-24(2)3/h5-8,15,21H,4,9-14,16-17H2,1-3H3. The Bertz CT molecular complexity index is 741. The van der Waals surface area contributed by atoms with Crippen LogP contribution in [0.1, 0.15) is 36.2 Å². The van der Waals surface area contributed by atoms with Crippen LogP contribution in [0.3, 0.4) is 0 Å². The van der Waals surface area contributed by atoms with Gasteiger partial charge in [0.05, 0.1) is 11.4 Å². The van der Waals surface area contributed by atoms with Crippen LogP contribution in [0.4, 0.5) is 5.69 Å². The molecule has 0 spiro atoms. The number of benzene rings is 1. The van der Waals surface area contributed by atoms with Crippen LogP contribution in [0.25, 0.3) is 0 Å². The zero-order chi connectivity index (χ0) is 18.8. The molecule has 0 atom stereocenters. The third-order valence-electron chi connectivity index (χ3n) is 5.95. The van der Waals surface area contributed by atoms with Crippen LogP contribution in [-0.4, -0.2) is 59.4 Å². The molecule has 0 saturated carbocycles. The predicted octanol–water partition coefficient (Wildman–Crippen LogP) is 3.13. The molecule has 0 radical (unpaired) electrons. The maximum Gasteiger partial charge on any atom is 0.0767 e. The SMILES string of the molecule is Cc1ccc(N2CCC(N3CCCn4nc(CN(C)C)cc4C3)CC2)cc1. The molecule has 1 aromatic heterocycles. The molecule has 0 unspecified atom stereocenters. The third kappa shape index (κ3) is 4.36. The monoisotopic (exact) mass is 367 g/mol. The maximum absolute atomic E-state index is 4.83. The van der Waals surface area contributed by atoms with Gasteiger partial charge in [0.1, 0.15) is 0 Å². The van der Waals surface area contributed by atoms with Crippen molar-refractivity contribution in [3.8, 4) is 0 Å². The van der Waals surface area contributed by atoms with E-state index in [4.69, 9.17) is 5.10 Å². The zero-order valence-corrected chi connectivity index (χ0v) is 17.1. The second-order valence-electron chi connectivity index (χ2n) is 8.47. The van der Waals surface area contributed by atoms with Crippen molar-refractivity contribution >= 4 is 5.69 Å². The first-order chi connectivity index (χ1) is 13.1.